The number of amides is 1. The number of nitrogens with one attached hydrogen (secondary N) is 1. The summed E-state index contributed by atoms with van der Waals surface area (Å²) in [5.74, 6) is 0.690. The zero-order valence-corrected chi connectivity index (χ0v) is 10.9. The number of rotatable bonds is 7. The molecule has 1 aromatic carbocycles. The Hall–Kier alpha value is -1.31. The first-order valence-corrected chi connectivity index (χ1v) is 6.55. The molecule has 1 rings (SSSR count). The molecule has 1 unspecified atom stereocenters. The van der Waals surface area contributed by atoms with Gasteiger partial charge in [0.05, 0.1) is 0 Å². The van der Waals surface area contributed by atoms with E-state index >= 15 is 0 Å². The number of benzene rings is 1. The third-order valence-electron chi connectivity index (χ3n) is 3.03. The maximum Gasteiger partial charge on any atom is 0.219 e. The highest BCUT2D eigenvalue weighted by molar-refractivity contribution is 5.75. The van der Waals surface area contributed by atoms with Crippen molar-refractivity contribution in [2.45, 2.75) is 45.4 Å². The fourth-order valence-electron chi connectivity index (χ4n) is 1.80. The Morgan fingerprint density at radius 2 is 2.00 bits per heavy atom. The SMILES string of the molecule is CCCCC(=O)NCCC(C)c1ccccc1. The van der Waals surface area contributed by atoms with Gasteiger partial charge >= 0.3 is 0 Å². The Balaban J connectivity index is 2.20. The molecule has 0 saturated heterocycles. The second kappa shape index (κ2) is 7.88. The molecule has 0 aliphatic rings. The fraction of sp³-hybridized carbons (Fsp3) is 0.533. The molecule has 0 heterocycles. The lowest BCUT2D eigenvalue weighted by Crippen LogP contribution is -2.24. The van der Waals surface area contributed by atoms with Crippen LogP contribution in [-0.4, -0.2) is 12.5 Å². The van der Waals surface area contributed by atoms with E-state index in [1.54, 1.807) is 0 Å². The van der Waals surface area contributed by atoms with Crippen LogP contribution in [0, 0.1) is 0 Å². The molecule has 0 spiro atoms. The van der Waals surface area contributed by atoms with Gasteiger partial charge in [0.15, 0.2) is 0 Å². The van der Waals surface area contributed by atoms with Gasteiger partial charge in [-0.3, -0.25) is 4.79 Å². The zero-order valence-electron chi connectivity index (χ0n) is 10.9. The molecule has 2 heteroatoms. The van der Waals surface area contributed by atoms with Crippen molar-refractivity contribution >= 4 is 5.91 Å². The van der Waals surface area contributed by atoms with Crippen molar-refractivity contribution in [3.63, 3.8) is 0 Å². The van der Waals surface area contributed by atoms with Gasteiger partial charge in [-0.15, -0.1) is 0 Å². The van der Waals surface area contributed by atoms with Gasteiger partial charge in [-0.1, -0.05) is 50.6 Å². The molecule has 0 aliphatic heterocycles. The van der Waals surface area contributed by atoms with Crippen LogP contribution in [0.2, 0.25) is 0 Å². The normalized spacial score (nSPS) is 12.1. The van der Waals surface area contributed by atoms with Gasteiger partial charge in [0.1, 0.15) is 0 Å². The van der Waals surface area contributed by atoms with Crippen molar-refractivity contribution in [3.05, 3.63) is 35.9 Å². The van der Waals surface area contributed by atoms with Gasteiger partial charge in [0, 0.05) is 13.0 Å². The lowest BCUT2D eigenvalue weighted by molar-refractivity contribution is -0.121. The van der Waals surface area contributed by atoms with Gasteiger partial charge in [-0.2, -0.15) is 0 Å². The summed E-state index contributed by atoms with van der Waals surface area (Å²) in [6.07, 6.45) is 3.73. The topological polar surface area (TPSA) is 29.1 Å². The molecule has 94 valence electrons. The average Bonchev–Trinajstić information content (AvgIpc) is 2.37. The monoisotopic (exact) mass is 233 g/mol. The van der Waals surface area contributed by atoms with Crippen LogP contribution in [0.3, 0.4) is 0 Å². The number of hydrogen-bond donors (Lipinski definition) is 1. The summed E-state index contributed by atoms with van der Waals surface area (Å²) >= 11 is 0. The molecule has 17 heavy (non-hydrogen) atoms. The first-order valence-electron chi connectivity index (χ1n) is 6.55. The largest absolute Gasteiger partial charge is 0.356 e. The van der Waals surface area contributed by atoms with Crippen molar-refractivity contribution in [1.29, 1.82) is 0 Å². The van der Waals surface area contributed by atoms with Crippen molar-refractivity contribution in [2.75, 3.05) is 6.54 Å². The second-order valence-electron chi connectivity index (χ2n) is 4.55. The van der Waals surface area contributed by atoms with E-state index in [2.05, 4.69) is 43.4 Å². The van der Waals surface area contributed by atoms with Crippen molar-refractivity contribution in [3.8, 4) is 0 Å². The maximum atomic E-state index is 11.4. The van der Waals surface area contributed by atoms with E-state index in [0.29, 0.717) is 12.3 Å². The predicted octanol–water partition coefficient (Wildman–Crippen LogP) is 3.49. The van der Waals surface area contributed by atoms with Crippen LogP contribution in [0.25, 0.3) is 0 Å². The van der Waals surface area contributed by atoms with Crippen molar-refractivity contribution < 1.29 is 4.79 Å². The fourth-order valence-corrected chi connectivity index (χ4v) is 1.80. The molecule has 0 fully saturated rings. The van der Waals surface area contributed by atoms with Crippen LogP contribution in [0.4, 0.5) is 0 Å². The molecule has 1 atom stereocenters. The van der Waals surface area contributed by atoms with Crippen LogP contribution in [0.15, 0.2) is 30.3 Å². The van der Waals surface area contributed by atoms with Crippen LogP contribution in [-0.2, 0) is 4.79 Å². The summed E-state index contributed by atoms with van der Waals surface area (Å²) in [5, 5.41) is 2.98. The van der Waals surface area contributed by atoms with Gasteiger partial charge in [-0.05, 0) is 24.3 Å². The minimum Gasteiger partial charge on any atom is -0.356 e. The third-order valence-corrected chi connectivity index (χ3v) is 3.03. The smallest absolute Gasteiger partial charge is 0.219 e. The highest BCUT2D eigenvalue weighted by Gasteiger charge is 2.05. The van der Waals surface area contributed by atoms with E-state index in [-0.39, 0.29) is 5.91 Å². The first kappa shape index (κ1) is 13.8. The van der Waals surface area contributed by atoms with Gasteiger partial charge in [-0.25, -0.2) is 0 Å². The lowest BCUT2D eigenvalue weighted by Gasteiger charge is -2.12. The van der Waals surface area contributed by atoms with Gasteiger partial charge in [0.25, 0.3) is 0 Å². The molecule has 1 aromatic rings. The Bertz CT molecular complexity index is 321. The standard InChI is InChI=1S/C15H23NO/c1-3-4-10-15(17)16-12-11-13(2)14-8-6-5-7-9-14/h5-9,13H,3-4,10-12H2,1-2H3,(H,16,17). The number of carbonyl (C=O) groups excluding carboxylic acids is 1. The molecule has 0 aliphatic carbocycles. The zero-order chi connectivity index (χ0) is 12.5. The highest BCUT2D eigenvalue weighted by Crippen LogP contribution is 2.17. The van der Waals surface area contributed by atoms with Crippen LogP contribution < -0.4 is 5.32 Å². The van der Waals surface area contributed by atoms with E-state index in [1.807, 2.05) is 6.07 Å². The minimum atomic E-state index is 0.187. The molecule has 0 bridgehead atoms. The summed E-state index contributed by atoms with van der Waals surface area (Å²) in [6.45, 7) is 5.08. The summed E-state index contributed by atoms with van der Waals surface area (Å²) in [5.41, 5.74) is 1.34. The quantitative estimate of drug-likeness (QED) is 0.767. The summed E-state index contributed by atoms with van der Waals surface area (Å²) in [6, 6.07) is 10.4. The Morgan fingerprint density at radius 1 is 1.29 bits per heavy atom. The molecule has 0 radical (unpaired) electrons. The summed E-state index contributed by atoms with van der Waals surface area (Å²) < 4.78 is 0. The molecule has 0 saturated carbocycles. The Labute approximate surface area is 104 Å². The van der Waals surface area contributed by atoms with E-state index in [4.69, 9.17) is 0 Å². The average molecular weight is 233 g/mol. The van der Waals surface area contributed by atoms with Crippen molar-refractivity contribution in [2.24, 2.45) is 0 Å². The predicted molar refractivity (Wildman–Crippen MR) is 72.0 cm³/mol. The van der Waals surface area contributed by atoms with Crippen molar-refractivity contribution in [1.82, 2.24) is 5.32 Å². The molecular weight excluding hydrogens is 210 g/mol. The molecular formula is C15H23NO. The van der Waals surface area contributed by atoms with Crippen LogP contribution >= 0.6 is 0 Å². The van der Waals surface area contributed by atoms with Crippen LogP contribution in [0.5, 0.6) is 0 Å². The first-order chi connectivity index (χ1) is 8.24. The second-order valence-corrected chi connectivity index (χ2v) is 4.55. The number of carbonyl (C=O) groups is 1. The third kappa shape index (κ3) is 5.53. The number of hydrogen-bond acceptors (Lipinski definition) is 1. The van der Waals surface area contributed by atoms with Crippen LogP contribution in [0.1, 0.15) is 51.0 Å². The molecule has 2 nitrogen and oxygen atoms in total. The molecule has 0 aromatic heterocycles. The highest BCUT2D eigenvalue weighted by atomic mass is 16.1. The molecule has 1 N–H and O–H groups in total. The van der Waals surface area contributed by atoms with Gasteiger partial charge in [0.2, 0.25) is 5.91 Å². The van der Waals surface area contributed by atoms with E-state index in [0.717, 1.165) is 25.8 Å². The minimum absolute atomic E-state index is 0.187. The van der Waals surface area contributed by atoms with E-state index in [9.17, 15) is 4.79 Å². The van der Waals surface area contributed by atoms with Gasteiger partial charge < -0.3 is 5.32 Å². The lowest BCUT2D eigenvalue weighted by atomic mass is 9.98. The Morgan fingerprint density at radius 3 is 2.65 bits per heavy atom. The van der Waals surface area contributed by atoms with E-state index < -0.39 is 0 Å². The summed E-state index contributed by atoms with van der Waals surface area (Å²) in [4.78, 5) is 11.4. The summed E-state index contributed by atoms with van der Waals surface area (Å²) in [7, 11) is 0. The number of unbranched alkanes of at least 4 members (excludes halogenated alkanes) is 1. The Kier molecular flexibility index (Phi) is 6.38. The maximum absolute atomic E-state index is 11.4. The molecule has 1 amide bonds. The van der Waals surface area contributed by atoms with E-state index in [1.165, 1.54) is 5.56 Å².